The topological polar surface area (TPSA) is 29.3 Å². The molecule has 2 N–H and O–H groups in total. The summed E-state index contributed by atoms with van der Waals surface area (Å²) in [5, 5.41) is 0. The number of rotatable bonds is 6. The van der Waals surface area contributed by atoms with Crippen molar-refractivity contribution >= 4 is 0 Å². The summed E-state index contributed by atoms with van der Waals surface area (Å²) in [6, 6.07) is 0. The van der Waals surface area contributed by atoms with E-state index in [1.54, 1.807) is 0 Å². The van der Waals surface area contributed by atoms with Gasteiger partial charge in [0.25, 0.3) is 0 Å². The van der Waals surface area contributed by atoms with Gasteiger partial charge in [0.15, 0.2) is 0 Å². The van der Waals surface area contributed by atoms with E-state index in [4.69, 9.17) is 5.73 Å². The van der Waals surface area contributed by atoms with Crippen LogP contribution >= 0.6 is 0 Å². The van der Waals surface area contributed by atoms with Crippen molar-refractivity contribution in [1.29, 1.82) is 0 Å². The molecule has 0 aromatic rings. The van der Waals surface area contributed by atoms with Crippen LogP contribution in [0.25, 0.3) is 0 Å². The molecule has 2 fully saturated rings. The van der Waals surface area contributed by atoms with E-state index in [9.17, 15) is 0 Å². The van der Waals surface area contributed by atoms with Gasteiger partial charge in [-0.1, -0.05) is 33.1 Å². The fourth-order valence-corrected chi connectivity index (χ4v) is 4.35. The predicted octanol–water partition coefficient (Wildman–Crippen LogP) is 4.19. The van der Waals surface area contributed by atoms with Crippen LogP contribution in [0.1, 0.15) is 78.1 Å². The minimum atomic E-state index is 0.440. The van der Waals surface area contributed by atoms with Gasteiger partial charge in [-0.15, -0.1) is 0 Å². The smallest absolute Gasteiger partial charge is 0.00134 e. The van der Waals surface area contributed by atoms with Gasteiger partial charge in [0.05, 0.1) is 0 Å². The molecule has 0 aromatic carbocycles. The van der Waals surface area contributed by atoms with E-state index in [2.05, 4.69) is 18.7 Å². The van der Waals surface area contributed by atoms with Crippen molar-refractivity contribution in [3.63, 3.8) is 0 Å². The summed E-state index contributed by atoms with van der Waals surface area (Å²) in [6.07, 6.45) is 14.3. The van der Waals surface area contributed by atoms with Crippen LogP contribution in [0.15, 0.2) is 0 Å². The normalized spacial score (nSPS) is 24.1. The molecule has 0 amide bonds. The maximum Gasteiger partial charge on any atom is -0.00134 e. The zero-order valence-corrected chi connectivity index (χ0v) is 13.9. The molecule has 20 heavy (non-hydrogen) atoms. The summed E-state index contributed by atoms with van der Waals surface area (Å²) in [4.78, 5) is 2.72. The Labute approximate surface area is 126 Å². The maximum absolute atomic E-state index is 5.70. The van der Waals surface area contributed by atoms with E-state index in [0.717, 1.165) is 18.4 Å². The summed E-state index contributed by atoms with van der Waals surface area (Å²) in [6.45, 7) is 9.60. The van der Waals surface area contributed by atoms with E-state index in [1.165, 1.54) is 77.4 Å². The minimum absolute atomic E-state index is 0.440. The molecule has 1 aliphatic heterocycles. The third kappa shape index (κ3) is 4.73. The molecule has 1 spiro atoms. The molecule has 0 bridgehead atoms. The number of nitrogens with zero attached hydrogens (tertiary/aromatic N) is 1. The lowest BCUT2D eigenvalue weighted by Gasteiger charge is -2.44. The molecule has 2 aliphatic rings. The van der Waals surface area contributed by atoms with Crippen LogP contribution in [-0.2, 0) is 0 Å². The van der Waals surface area contributed by atoms with Gasteiger partial charge in [-0.25, -0.2) is 0 Å². The predicted molar refractivity (Wildman–Crippen MR) is 87.9 cm³/mol. The molecule has 2 heteroatoms. The SMILES string of the molecule is CC(C)(CCN)CCCN1CCC2(CCCCC2)CC1. The number of likely N-dealkylation sites (tertiary alicyclic amines) is 1. The van der Waals surface area contributed by atoms with Gasteiger partial charge in [0, 0.05) is 0 Å². The molecule has 1 aliphatic carbocycles. The van der Waals surface area contributed by atoms with Gasteiger partial charge < -0.3 is 10.6 Å². The van der Waals surface area contributed by atoms with Crippen molar-refractivity contribution in [3.05, 3.63) is 0 Å². The summed E-state index contributed by atoms with van der Waals surface area (Å²) in [5.41, 5.74) is 6.90. The Kier molecular flexibility index (Phi) is 5.92. The first kappa shape index (κ1) is 16.3. The first-order chi connectivity index (χ1) is 9.55. The second-order valence-corrected chi connectivity index (χ2v) is 8.21. The van der Waals surface area contributed by atoms with E-state index in [1.807, 2.05) is 0 Å². The Morgan fingerprint density at radius 1 is 0.950 bits per heavy atom. The van der Waals surface area contributed by atoms with Crippen LogP contribution in [0.4, 0.5) is 0 Å². The monoisotopic (exact) mass is 280 g/mol. The summed E-state index contributed by atoms with van der Waals surface area (Å²) in [5.74, 6) is 0. The lowest BCUT2D eigenvalue weighted by molar-refractivity contribution is 0.0653. The van der Waals surface area contributed by atoms with Gasteiger partial charge in [-0.05, 0) is 82.0 Å². The zero-order chi connectivity index (χ0) is 14.5. The Morgan fingerprint density at radius 3 is 2.20 bits per heavy atom. The Hall–Kier alpha value is -0.0800. The lowest BCUT2D eigenvalue weighted by atomic mass is 9.68. The van der Waals surface area contributed by atoms with Crippen LogP contribution in [0.2, 0.25) is 0 Å². The highest BCUT2D eigenvalue weighted by Crippen LogP contribution is 2.44. The van der Waals surface area contributed by atoms with Gasteiger partial charge in [0.2, 0.25) is 0 Å². The van der Waals surface area contributed by atoms with Crippen LogP contribution in [-0.4, -0.2) is 31.1 Å². The largest absolute Gasteiger partial charge is 0.330 e. The second kappa shape index (κ2) is 7.26. The third-order valence-corrected chi connectivity index (χ3v) is 5.98. The van der Waals surface area contributed by atoms with Crippen molar-refractivity contribution in [2.24, 2.45) is 16.6 Å². The fourth-order valence-electron chi connectivity index (χ4n) is 4.35. The molecule has 2 nitrogen and oxygen atoms in total. The van der Waals surface area contributed by atoms with E-state index >= 15 is 0 Å². The van der Waals surface area contributed by atoms with Gasteiger partial charge in [-0.2, -0.15) is 0 Å². The van der Waals surface area contributed by atoms with E-state index in [0.29, 0.717) is 5.41 Å². The molecular formula is C18H36N2. The Balaban J connectivity index is 1.64. The van der Waals surface area contributed by atoms with Crippen molar-refractivity contribution < 1.29 is 0 Å². The fraction of sp³-hybridized carbons (Fsp3) is 1.00. The standard InChI is InChI=1S/C18H36N2/c1-17(2,10-13-19)7-6-14-20-15-11-18(12-16-20)8-4-3-5-9-18/h3-16,19H2,1-2H3. The highest BCUT2D eigenvalue weighted by Gasteiger charge is 2.35. The van der Waals surface area contributed by atoms with Gasteiger partial charge in [-0.3, -0.25) is 0 Å². The molecule has 0 atom stereocenters. The van der Waals surface area contributed by atoms with E-state index < -0.39 is 0 Å². The molecule has 0 unspecified atom stereocenters. The highest BCUT2D eigenvalue weighted by atomic mass is 15.1. The first-order valence-corrected chi connectivity index (χ1v) is 8.98. The third-order valence-electron chi connectivity index (χ3n) is 5.98. The molecule has 0 radical (unpaired) electrons. The van der Waals surface area contributed by atoms with Crippen LogP contribution in [0.3, 0.4) is 0 Å². The van der Waals surface area contributed by atoms with Crippen LogP contribution in [0.5, 0.6) is 0 Å². The van der Waals surface area contributed by atoms with Crippen molar-refractivity contribution in [1.82, 2.24) is 4.90 Å². The maximum atomic E-state index is 5.70. The molecule has 2 rings (SSSR count). The molecule has 1 saturated heterocycles. The summed E-state index contributed by atoms with van der Waals surface area (Å²) < 4.78 is 0. The molecule has 0 aromatic heterocycles. The quantitative estimate of drug-likeness (QED) is 0.790. The van der Waals surface area contributed by atoms with Crippen molar-refractivity contribution in [3.8, 4) is 0 Å². The van der Waals surface area contributed by atoms with Gasteiger partial charge >= 0.3 is 0 Å². The number of hydrogen-bond donors (Lipinski definition) is 1. The Bertz CT molecular complexity index is 269. The first-order valence-electron chi connectivity index (χ1n) is 8.98. The molecule has 118 valence electrons. The number of nitrogens with two attached hydrogens (primary N) is 1. The van der Waals surface area contributed by atoms with E-state index in [-0.39, 0.29) is 0 Å². The second-order valence-electron chi connectivity index (χ2n) is 8.21. The molecular weight excluding hydrogens is 244 g/mol. The highest BCUT2D eigenvalue weighted by molar-refractivity contribution is 4.88. The lowest BCUT2D eigenvalue weighted by Crippen LogP contribution is -2.41. The van der Waals surface area contributed by atoms with Crippen molar-refractivity contribution in [2.45, 2.75) is 78.1 Å². The van der Waals surface area contributed by atoms with Crippen molar-refractivity contribution in [2.75, 3.05) is 26.2 Å². The molecule has 1 saturated carbocycles. The minimum Gasteiger partial charge on any atom is -0.330 e. The summed E-state index contributed by atoms with van der Waals surface area (Å²) >= 11 is 0. The van der Waals surface area contributed by atoms with Gasteiger partial charge in [0.1, 0.15) is 0 Å². The summed E-state index contributed by atoms with van der Waals surface area (Å²) in [7, 11) is 0. The molecule has 1 heterocycles. The average Bonchev–Trinajstić information content (AvgIpc) is 2.42. The number of hydrogen-bond acceptors (Lipinski definition) is 2. The van der Waals surface area contributed by atoms with Crippen LogP contribution < -0.4 is 5.73 Å². The Morgan fingerprint density at radius 2 is 1.60 bits per heavy atom. The zero-order valence-electron chi connectivity index (χ0n) is 13.9. The number of piperidine rings is 1. The van der Waals surface area contributed by atoms with Crippen LogP contribution in [0, 0.1) is 10.8 Å². The average molecular weight is 280 g/mol.